The largest absolute Gasteiger partial charge is 3.00 e. The van der Waals surface area contributed by atoms with E-state index in [-0.39, 0.29) is 35.0 Å². The molecule has 52 heavy (non-hydrogen) atoms. The summed E-state index contributed by atoms with van der Waals surface area (Å²) in [6, 6.07) is 42.9. The van der Waals surface area contributed by atoms with Crippen LogP contribution in [0.15, 0.2) is 158 Å². The van der Waals surface area contributed by atoms with Gasteiger partial charge in [0.25, 0.3) is 0 Å². The van der Waals surface area contributed by atoms with Gasteiger partial charge in [0.2, 0.25) is 0 Å². The van der Waals surface area contributed by atoms with Crippen molar-refractivity contribution in [2.45, 2.75) is 20.8 Å². The number of hydrogen-bond donors (Lipinski definition) is 3. The third-order valence-electron chi connectivity index (χ3n) is 7.40. The first kappa shape index (κ1) is 41.2. The molecule has 6 rings (SSSR count). The fourth-order valence-electron chi connectivity index (χ4n) is 4.79. The van der Waals surface area contributed by atoms with Gasteiger partial charge in [0.1, 0.15) is 0 Å². The minimum atomic E-state index is 0. The molecule has 263 valence electrons. The SMILES string of the molecule is C/C(=N\N=C(/N)[S-])c1ccc2ccccc2c1.C/C(=N\N=C(/N)[S-])c1ccc2ccccc2c1.C/C(=N\N=C(/N)[S-])c1ccc2ccccc2c1.[Ru+3]. The number of nitrogens with two attached hydrogens (primary N) is 3. The monoisotopic (exact) mass is 828 g/mol. The van der Waals surface area contributed by atoms with Crippen LogP contribution in [0.1, 0.15) is 37.5 Å². The first-order valence-corrected chi connectivity index (χ1v) is 16.8. The summed E-state index contributed by atoms with van der Waals surface area (Å²) >= 11 is 13.9. The average Bonchev–Trinajstić information content (AvgIpc) is 3.14. The summed E-state index contributed by atoms with van der Waals surface area (Å²) in [6.07, 6.45) is 0. The van der Waals surface area contributed by atoms with Crippen LogP contribution in [0.4, 0.5) is 0 Å². The van der Waals surface area contributed by atoms with Gasteiger partial charge in [-0.05, 0) is 103 Å². The maximum absolute atomic E-state index is 5.27. The first-order valence-electron chi connectivity index (χ1n) is 15.6. The molecular weight excluding hydrogens is 792 g/mol. The summed E-state index contributed by atoms with van der Waals surface area (Å²) in [5.74, 6) is 0. The molecular formula is C39H36N9RuS3. The van der Waals surface area contributed by atoms with Crippen molar-refractivity contribution < 1.29 is 19.5 Å². The predicted molar refractivity (Wildman–Crippen MR) is 225 cm³/mol. The Bertz CT molecular complexity index is 2060. The molecule has 0 unspecified atom stereocenters. The average molecular weight is 828 g/mol. The van der Waals surface area contributed by atoms with E-state index in [1.807, 2.05) is 75.4 Å². The summed E-state index contributed by atoms with van der Waals surface area (Å²) in [4.78, 5) is 0. The van der Waals surface area contributed by atoms with Crippen LogP contribution in [-0.2, 0) is 57.4 Å². The Morgan fingerprint density at radius 1 is 0.365 bits per heavy atom. The van der Waals surface area contributed by atoms with Crippen LogP contribution in [0, 0.1) is 0 Å². The van der Waals surface area contributed by atoms with E-state index in [4.69, 9.17) is 17.2 Å². The minimum absolute atomic E-state index is 0. The van der Waals surface area contributed by atoms with Gasteiger partial charge in [-0.15, -0.1) is 0 Å². The van der Waals surface area contributed by atoms with Gasteiger partial charge in [-0.3, -0.25) is 0 Å². The topological polar surface area (TPSA) is 152 Å². The summed E-state index contributed by atoms with van der Waals surface area (Å²) in [6.45, 7) is 5.64. The fraction of sp³-hybridized carbons (Fsp3) is 0.0769. The number of nitrogens with zero attached hydrogens (tertiary/aromatic N) is 6. The van der Waals surface area contributed by atoms with E-state index in [9.17, 15) is 0 Å². The van der Waals surface area contributed by atoms with Crippen LogP contribution in [-0.4, -0.2) is 32.6 Å². The molecule has 13 heteroatoms. The van der Waals surface area contributed by atoms with E-state index >= 15 is 0 Å². The molecule has 6 aromatic rings. The zero-order valence-electron chi connectivity index (χ0n) is 28.6. The van der Waals surface area contributed by atoms with Crippen LogP contribution >= 0.6 is 0 Å². The molecule has 0 heterocycles. The van der Waals surface area contributed by atoms with Crippen LogP contribution in [0.2, 0.25) is 0 Å². The molecule has 0 aromatic heterocycles. The zero-order valence-corrected chi connectivity index (χ0v) is 32.8. The van der Waals surface area contributed by atoms with E-state index in [0.29, 0.717) is 0 Å². The van der Waals surface area contributed by atoms with Crippen molar-refractivity contribution >= 4 is 103 Å². The number of fused-ring (bicyclic) bond motifs is 3. The maximum Gasteiger partial charge on any atom is 3.00 e. The van der Waals surface area contributed by atoms with Crippen LogP contribution < -0.4 is 17.2 Å². The Labute approximate surface area is 333 Å². The predicted octanol–water partition coefficient (Wildman–Crippen LogP) is 7.27. The van der Waals surface area contributed by atoms with Crippen molar-refractivity contribution in [3.8, 4) is 0 Å². The third-order valence-corrected chi connectivity index (χ3v) is 7.64. The maximum atomic E-state index is 5.27. The number of benzene rings is 6. The van der Waals surface area contributed by atoms with Gasteiger partial charge in [0.05, 0.1) is 17.1 Å². The molecule has 0 amide bonds. The molecule has 0 aliphatic carbocycles. The quantitative estimate of drug-likeness (QED) is 0.0528. The van der Waals surface area contributed by atoms with E-state index in [0.717, 1.165) is 33.8 Å². The van der Waals surface area contributed by atoms with E-state index in [2.05, 4.69) is 141 Å². The second-order valence-electron chi connectivity index (χ2n) is 11.1. The van der Waals surface area contributed by atoms with Gasteiger partial charge >= 0.3 is 19.5 Å². The smallest absolute Gasteiger partial charge is 0.741 e. The molecule has 0 bridgehead atoms. The Hall–Kier alpha value is -5.20. The number of hydrogen-bond acceptors (Lipinski definition) is 9. The molecule has 6 N–H and O–H groups in total. The van der Waals surface area contributed by atoms with Crippen molar-refractivity contribution in [3.63, 3.8) is 0 Å². The van der Waals surface area contributed by atoms with Gasteiger partial charge in [0, 0.05) is 0 Å². The molecule has 0 fully saturated rings. The summed E-state index contributed by atoms with van der Waals surface area (Å²) < 4.78 is 0. The van der Waals surface area contributed by atoms with Crippen LogP contribution in [0.3, 0.4) is 0 Å². The van der Waals surface area contributed by atoms with Crippen LogP contribution in [0.5, 0.6) is 0 Å². The molecule has 0 atom stereocenters. The van der Waals surface area contributed by atoms with E-state index in [1.165, 1.54) is 32.3 Å². The normalized spacial score (nSPS) is 12.8. The molecule has 9 nitrogen and oxygen atoms in total. The second kappa shape index (κ2) is 20.6. The molecule has 0 aliphatic rings. The first-order chi connectivity index (χ1) is 24.5. The van der Waals surface area contributed by atoms with E-state index < -0.39 is 0 Å². The van der Waals surface area contributed by atoms with Gasteiger partial charge in [0.15, 0.2) is 0 Å². The molecule has 1 radical (unpaired) electrons. The summed E-state index contributed by atoms with van der Waals surface area (Å²) in [5, 5.41) is 30.2. The molecule has 0 saturated heterocycles. The third kappa shape index (κ3) is 12.8. The summed E-state index contributed by atoms with van der Waals surface area (Å²) in [5.41, 5.74) is 21.2. The molecule has 0 aliphatic heterocycles. The van der Waals surface area contributed by atoms with Gasteiger partial charge in [-0.25, -0.2) is 0 Å². The Kier molecular flexibility index (Phi) is 16.3. The van der Waals surface area contributed by atoms with Crippen molar-refractivity contribution in [1.29, 1.82) is 0 Å². The Morgan fingerprint density at radius 3 is 0.827 bits per heavy atom. The van der Waals surface area contributed by atoms with Gasteiger partial charge in [-0.2, -0.15) is 30.6 Å². The fourth-order valence-corrected chi connectivity index (χ4v) is 4.91. The van der Waals surface area contributed by atoms with Crippen LogP contribution in [0.25, 0.3) is 32.3 Å². The standard InChI is InChI=1S/3C13H13N3S.Ru/c3*1-9(15-16-13(14)17)11-7-6-10-4-2-3-5-12(10)8-11;/h3*2-8H,1H3,(H3,14,16,17);/q;;;+3/p-3/b3*15-9+;. The van der Waals surface area contributed by atoms with Crippen molar-refractivity contribution in [2.24, 2.45) is 47.8 Å². The van der Waals surface area contributed by atoms with Gasteiger partial charge < -0.3 is 55.1 Å². The minimum Gasteiger partial charge on any atom is -0.741 e. The number of rotatable bonds is 6. The molecule has 0 saturated carbocycles. The number of amidine groups is 3. The Balaban J connectivity index is 0.000000208. The Morgan fingerprint density at radius 2 is 0.596 bits per heavy atom. The molecule has 0 spiro atoms. The van der Waals surface area contributed by atoms with Crippen molar-refractivity contribution in [2.75, 3.05) is 0 Å². The van der Waals surface area contributed by atoms with Crippen molar-refractivity contribution in [3.05, 3.63) is 144 Å². The summed E-state index contributed by atoms with van der Waals surface area (Å²) in [7, 11) is 0. The van der Waals surface area contributed by atoms with E-state index in [1.54, 1.807) is 0 Å². The van der Waals surface area contributed by atoms with Crippen molar-refractivity contribution in [1.82, 2.24) is 0 Å². The zero-order chi connectivity index (χ0) is 36.8. The molecule has 6 aromatic carbocycles. The van der Waals surface area contributed by atoms with Gasteiger partial charge in [-0.1, -0.05) is 109 Å². The second-order valence-corrected chi connectivity index (χ2v) is 12.3.